The zero-order chi connectivity index (χ0) is 15.0. The van der Waals surface area contributed by atoms with Gasteiger partial charge >= 0.3 is 0 Å². The zero-order valence-electron chi connectivity index (χ0n) is 11.1. The maximum atomic E-state index is 13.6. The van der Waals surface area contributed by atoms with Crippen LogP contribution in [-0.4, -0.2) is 20.2 Å². The average Bonchev–Trinajstić information content (AvgIpc) is 2.94. The van der Waals surface area contributed by atoms with E-state index in [2.05, 4.69) is 15.5 Å². The van der Waals surface area contributed by atoms with E-state index in [0.717, 1.165) is 5.56 Å². The molecule has 0 aliphatic rings. The number of benzene rings is 2. The van der Waals surface area contributed by atoms with E-state index in [0.29, 0.717) is 22.1 Å². The van der Waals surface area contributed by atoms with Gasteiger partial charge < -0.3 is 5.73 Å². The van der Waals surface area contributed by atoms with Crippen molar-refractivity contribution in [3.8, 4) is 17.1 Å². The number of halogens is 2. The summed E-state index contributed by atoms with van der Waals surface area (Å²) in [5.41, 5.74) is 7.74. The Morgan fingerprint density at radius 2 is 2.00 bits per heavy atom. The summed E-state index contributed by atoms with van der Waals surface area (Å²) >= 11 is 6.12. The van der Waals surface area contributed by atoms with Crippen molar-refractivity contribution in [1.29, 1.82) is 0 Å². The van der Waals surface area contributed by atoms with Crippen LogP contribution in [0.1, 0.15) is 5.56 Å². The quantitative estimate of drug-likeness (QED) is 0.739. The summed E-state index contributed by atoms with van der Waals surface area (Å²) in [6.45, 7) is 1.90. The topological polar surface area (TPSA) is 69.6 Å². The van der Waals surface area contributed by atoms with Gasteiger partial charge in [-0.05, 0) is 53.2 Å². The minimum absolute atomic E-state index is 0.0798. The van der Waals surface area contributed by atoms with Crippen LogP contribution in [0.15, 0.2) is 36.4 Å². The van der Waals surface area contributed by atoms with Crippen LogP contribution >= 0.6 is 11.6 Å². The molecule has 0 unspecified atom stereocenters. The minimum Gasteiger partial charge on any atom is -0.396 e. The molecule has 3 aromatic rings. The third kappa shape index (κ3) is 2.45. The zero-order valence-corrected chi connectivity index (χ0v) is 11.8. The van der Waals surface area contributed by atoms with Gasteiger partial charge in [-0.1, -0.05) is 17.7 Å². The molecule has 2 aromatic carbocycles. The second kappa shape index (κ2) is 5.14. The summed E-state index contributed by atoms with van der Waals surface area (Å²) in [5.74, 6) is -0.0993. The number of anilines is 1. The Morgan fingerprint density at radius 3 is 2.71 bits per heavy atom. The van der Waals surface area contributed by atoms with Crippen molar-refractivity contribution in [2.45, 2.75) is 6.92 Å². The molecule has 0 amide bonds. The first-order valence-corrected chi connectivity index (χ1v) is 6.54. The van der Waals surface area contributed by atoms with Crippen molar-refractivity contribution < 1.29 is 4.39 Å². The third-order valence-corrected chi connectivity index (χ3v) is 3.54. The number of nitrogen functional groups attached to an aromatic ring is 1. The van der Waals surface area contributed by atoms with E-state index in [1.165, 1.54) is 16.8 Å². The van der Waals surface area contributed by atoms with Gasteiger partial charge in [0.25, 0.3) is 0 Å². The van der Waals surface area contributed by atoms with E-state index in [1.54, 1.807) is 12.1 Å². The van der Waals surface area contributed by atoms with Crippen molar-refractivity contribution in [3.05, 3.63) is 52.8 Å². The SMILES string of the molecule is Cc1ccc(-n2nnnc2-c2ccc(N)c(F)c2)cc1Cl. The van der Waals surface area contributed by atoms with Crippen LogP contribution < -0.4 is 5.73 Å². The van der Waals surface area contributed by atoms with Crippen molar-refractivity contribution in [1.82, 2.24) is 20.2 Å². The molecule has 3 rings (SSSR count). The molecule has 5 nitrogen and oxygen atoms in total. The van der Waals surface area contributed by atoms with Gasteiger partial charge in [0.1, 0.15) is 5.82 Å². The predicted octanol–water partition coefficient (Wildman–Crippen LogP) is 3.01. The third-order valence-electron chi connectivity index (χ3n) is 3.13. The molecule has 0 radical (unpaired) electrons. The number of rotatable bonds is 2. The molecular formula is C14H11ClFN5. The molecular weight excluding hydrogens is 293 g/mol. The van der Waals surface area contributed by atoms with Crippen molar-refractivity contribution >= 4 is 17.3 Å². The van der Waals surface area contributed by atoms with Crippen LogP contribution in [0.4, 0.5) is 10.1 Å². The van der Waals surface area contributed by atoms with Crippen molar-refractivity contribution in [2.24, 2.45) is 0 Å². The largest absolute Gasteiger partial charge is 0.396 e. The van der Waals surface area contributed by atoms with E-state index >= 15 is 0 Å². The predicted molar refractivity (Wildman–Crippen MR) is 78.7 cm³/mol. The first kappa shape index (κ1) is 13.5. The van der Waals surface area contributed by atoms with Gasteiger partial charge in [0, 0.05) is 10.6 Å². The molecule has 1 heterocycles. The first-order chi connectivity index (χ1) is 10.1. The van der Waals surface area contributed by atoms with E-state index < -0.39 is 5.82 Å². The smallest absolute Gasteiger partial charge is 0.187 e. The normalized spacial score (nSPS) is 10.8. The number of aryl methyl sites for hydroxylation is 1. The molecule has 0 aliphatic carbocycles. The number of aromatic nitrogens is 4. The molecule has 1 aromatic heterocycles. The summed E-state index contributed by atoms with van der Waals surface area (Å²) in [4.78, 5) is 0. The van der Waals surface area contributed by atoms with E-state index in [4.69, 9.17) is 17.3 Å². The summed E-state index contributed by atoms with van der Waals surface area (Å²) < 4.78 is 15.1. The highest BCUT2D eigenvalue weighted by atomic mass is 35.5. The molecule has 0 spiro atoms. The van der Waals surface area contributed by atoms with Gasteiger partial charge in [0.2, 0.25) is 0 Å². The molecule has 0 aliphatic heterocycles. The Morgan fingerprint density at radius 1 is 1.19 bits per heavy atom. The first-order valence-electron chi connectivity index (χ1n) is 6.16. The van der Waals surface area contributed by atoms with Crippen LogP contribution in [0.3, 0.4) is 0 Å². The van der Waals surface area contributed by atoms with Gasteiger partial charge in [-0.25, -0.2) is 4.39 Å². The highest BCUT2D eigenvalue weighted by Gasteiger charge is 2.13. The van der Waals surface area contributed by atoms with Gasteiger partial charge in [0.05, 0.1) is 11.4 Å². The van der Waals surface area contributed by atoms with Crippen molar-refractivity contribution in [2.75, 3.05) is 5.73 Å². The number of hydrogen-bond acceptors (Lipinski definition) is 4. The van der Waals surface area contributed by atoms with Crippen LogP contribution in [0.2, 0.25) is 5.02 Å². The Balaban J connectivity index is 2.12. The summed E-state index contributed by atoms with van der Waals surface area (Å²) in [5, 5.41) is 12.1. The van der Waals surface area contributed by atoms with Gasteiger partial charge in [-0.15, -0.1) is 5.10 Å². The lowest BCUT2D eigenvalue weighted by molar-refractivity contribution is 0.632. The highest BCUT2D eigenvalue weighted by Crippen LogP contribution is 2.25. The lowest BCUT2D eigenvalue weighted by Crippen LogP contribution is -2.01. The molecule has 0 bridgehead atoms. The molecule has 0 saturated heterocycles. The van der Waals surface area contributed by atoms with Crippen LogP contribution in [0.25, 0.3) is 17.1 Å². The highest BCUT2D eigenvalue weighted by molar-refractivity contribution is 6.31. The van der Waals surface area contributed by atoms with Crippen LogP contribution in [0.5, 0.6) is 0 Å². The monoisotopic (exact) mass is 303 g/mol. The van der Waals surface area contributed by atoms with Crippen LogP contribution in [0, 0.1) is 12.7 Å². The van der Waals surface area contributed by atoms with E-state index in [-0.39, 0.29) is 5.69 Å². The molecule has 21 heavy (non-hydrogen) atoms. The Labute approximate surface area is 125 Å². The molecule has 0 atom stereocenters. The lowest BCUT2D eigenvalue weighted by atomic mass is 10.1. The number of hydrogen-bond donors (Lipinski definition) is 1. The van der Waals surface area contributed by atoms with E-state index in [1.807, 2.05) is 19.1 Å². The fraction of sp³-hybridized carbons (Fsp3) is 0.0714. The molecule has 2 N–H and O–H groups in total. The maximum Gasteiger partial charge on any atom is 0.187 e. The summed E-state index contributed by atoms with van der Waals surface area (Å²) in [6.07, 6.45) is 0. The number of nitrogens with zero attached hydrogens (tertiary/aromatic N) is 4. The molecule has 106 valence electrons. The Bertz CT molecular complexity index is 749. The number of nitrogens with two attached hydrogens (primary N) is 1. The molecule has 7 heteroatoms. The second-order valence-corrected chi connectivity index (χ2v) is 4.99. The fourth-order valence-electron chi connectivity index (χ4n) is 1.92. The van der Waals surface area contributed by atoms with Gasteiger partial charge in [-0.2, -0.15) is 4.68 Å². The van der Waals surface area contributed by atoms with Crippen molar-refractivity contribution in [3.63, 3.8) is 0 Å². The second-order valence-electron chi connectivity index (χ2n) is 4.58. The average molecular weight is 304 g/mol. The van der Waals surface area contributed by atoms with Gasteiger partial charge in [0.15, 0.2) is 5.82 Å². The number of tetrazole rings is 1. The van der Waals surface area contributed by atoms with Gasteiger partial charge in [-0.3, -0.25) is 0 Å². The Hall–Kier alpha value is -2.47. The Kier molecular flexibility index (Phi) is 3.31. The van der Waals surface area contributed by atoms with Crippen LogP contribution in [-0.2, 0) is 0 Å². The summed E-state index contributed by atoms with van der Waals surface area (Å²) in [6, 6.07) is 9.90. The molecule has 0 fully saturated rings. The lowest BCUT2D eigenvalue weighted by Gasteiger charge is -2.07. The molecule has 0 saturated carbocycles. The van der Waals surface area contributed by atoms with E-state index in [9.17, 15) is 4.39 Å². The standard InChI is InChI=1S/C14H11ClFN5/c1-8-2-4-10(7-11(8)15)21-14(18-19-20-21)9-3-5-13(17)12(16)6-9/h2-7H,17H2,1H3. The minimum atomic E-state index is -0.510. The fourth-order valence-corrected chi connectivity index (χ4v) is 2.10. The maximum absolute atomic E-state index is 13.6. The summed E-state index contributed by atoms with van der Waals surface area (Å²) in [7, 11) is 0.